The number of nitrogens with two attached hydrogens (primary N) is 1. The van der Waals surface area contributed by atoms with E-state index in [0.29, 0.717) is 5.13 Å². The summed E-state index contributed by atoms with van der Waals surface area (Å²) in [6, 6.07) is 0. The molecule has 4 heteroatoms. The summed E-state index contributed by atoms with van der Waals surface area (Å²) in [7, 11) is 2.12. The Morgan fingerprint density at radius 1 is 1.57 bits per heavy atom. The molecule has 0 amide bonds. The van der Waals surface area contributed by atoms with Gasteiger partial charge in [-0.25, -0.2) is 4.98 Å². The van der Waals surface area contributed by atoms with Gasteiger partial charge in [0.15, 0.2) is 5.13 Å². The predicted molar refractivity (Wildman–Crippen MR) is 62.4 cm³/mol. The minimum atomic E-state index is 0.221. The van der Waals surface area contributed by atoms with Gasteiger partial charge in [0.25, 0.3) is 0 Å². The molecule has 0 aliphatic carbocycles. The molecular weight excluding hydrogens is 194 g/mol. The van der Waals surface area contributed by atoms with Gasteiger partial charge in [0, 0.05) is 17.5 Å². The maximum atomic E-state index is 5.58. The molecule has 1 aromatic heterocycles. The Hall–Kier alpha value is -0.610. The SMILES string of the molecule is CCC(C)(C)N(C)Cc1csc(N)n1. The standard InChI is InChI=1S/C10H19N3S/c1-5-10(2,3)13(4)6-8-7-14-9(11)12-8/h7H,5-6H2,1-4H3,(H2,11,12). The van der Waals surface area contributed by atoms with Crippen LogP contribution in [-0.4, -0.2) is 22.5 Å². The van der Waals surface area contributed by atoms with Gasteiger partial charge in [0.05, 0.1) is 5.69 Å². The number of thiazole rings is 1. The van der Waals surface area contributed by atoms with Crippen molar-refractivity contribution in [1.29, 1.82) is 0 Å². The molecule has 14 heavy (non-hydrogen) atoms. The molecule has 0 aliphatic heterocycles. The Bertz CT molecular complexity index is 293. The molecule has 0 bridgehead atoms. The van der Waals surface area contributed by atoms with E-state index in [0.717, 1.165) is 18.7 Å². The fourth-order valence-electron chi connectivity index (χ4n) is 1.12. The molecule has 0 atom stereocenters. The monoisotopic (exact) mass is 213 g/mol. The van der Waals surface area contributed by atoms with E-state index in [1.54, 1.807) is 0 Å². The highest BCUT2D eigenvalue weighted by Gasteiger charge is 2.21. The van der Waals surface area contributed by atoms with Crippen LogP contribution < -0.4 is 5.73 Å². The number of nitrogen functional groups attached to an aromatic ring is 1. The molecule has 1 heterocycles. The van der Waals surface area contributed by atoms with E-state index in [-0.39, 0.29) is 5.54 Å². The Labute approximate surface area is 89.9 Å². The summed E-state index contributed by atoms with van der Waals surface area (Å²) in [6.07, 6.45) is 1.13. The third kappa shape index (κ3) is 2.69. The molecule has 0 saturated heterocycles. The van der Waals surface area contributed by atoms with Gasteiger partial charge in [0.1, 0.15) is 0 Å². The maximum Gasteiger partial charge on any atom is 0.180 e. The molecule has 1 rings (SSSR count). The summed E-state index contributed by atoms with van der Waals surface area (Å²) in [4.78, 5) is 6.56. The van der Waals surface area contributed by atoms with Crippen molar-refractivity contribution in [3.8, 4) is 0 Å². The molecule has 0 saturated carbocycles. The lowest BCUT2D eigenvalue weighted by Gasteiger charge is -2.34. The highest BCUT2D eigenvalue weighted by molar-refractivity contribution is 7.13. The van der Waals surface area contributed by atoms with Gasteiger partial charge in [-0.1, -0.05) is 6.92 Å². The first-order valence-corrected chi connectivity index (χ1v) is 5.75. The topological polar surface area (TPSA) is 42.1 Å². The average molecular weight is 213 g/mol. The second-order valence-electron chi connectivity index (χ2n) is 4.20. The zero-order valence-corrected chi connectivity index (χ0v) is 10.2. The van der Waals surface area contributed by atoms with E-state index in [1.165, 1.54) is 11.3 Å². The summed E-state index contributed by atoms with van der Waals surface area (Å²) >= 11 is 1.50. The molecule has 0 fully saturated rings. The minimum Gasteiger partial charge on any atom is -0.375 e. The summed E-state index contributed by atoms with van der Waals surface area (Å²) in [5, 5.41) is 2.68. The predicted octanol–water partition coefficient (Wildman–Crippen LogP) is 2.35. The molecule has 0 radical (unpaired) electrons. The van der Waals surface area contributed by atoms with Crippen molar-refractivity contribution >= 4 is 16.5 Å². The Kier molecular flexibility index (Phi) is 3.50. The number of aromatic nitrogens is 1. The highest BCUT2D eigenvalue weighted by Crippen LogP contribution is 2.20. The van der Waals surface area contributed by atoms with Crippen LogP contribution in [0.4, 0.5) is 5.13 Å². The van der Waals surface area contributed by atoms with Crippen molar-refractivity contribution in [2.75, 3.05) is 12.8 Å². The zero-order valence-electron chi connectivity index (χ0n) is 9.37. The fourth-order valence-corrected chi connectivity index (χ4v) is 1.68. The third-order valence-corrected chi connectivity index (χ3v) is 3.59. The van der Waals surface area contributed by atoms with E-state index in [2.05, 4.69) is 37.7 Å². The lowest BCUT2D eigenvalue weighted by atomic mass is 10.00. The van der Waals surface area contributed by atoms with Crippen LogP contribution in [0.1, 0.15) is 32.9 Å². The molecule has 0 aliphatic rings. The van der Waals surface area contributed by atoms with Crippen LogP contribution in [0.2, 0.25) is 0 Å². The lowest BCUT2D eigenvalue weighted by molar-refractivity contribution is 0.141. The molecule has 2 N–H and O–H groups in total. The first-order valence-electron chi connectivity index (χ1n) is 4.87. The molecule has 0 unspecified atom stereocenters. The molecule has 80 valence electrons. The zero-order chi connectivity index (χ0) is 10.8. The van der Waals surface area contributed by atoms with Crippen LogP contribution >= 0.6 is 11.3 Å². The summed E-state index contributed by atoms with van der Waals surface area (Å²) in [5.74, 6) is 0. The van der Waals surface area contributed by atoms with Gasteiger partial charge in [0.2, 0.25) is 0 Å². The number of hydrogen-bond acceptors (Lipinski definition) is 4. The summed E-state index contributed by atoms with van der Waals surface area (Å²) < 4.78 is 0. The number of rotatable bonds is 4. The highest BCUT2D eigenvalue weighted by atomic mass is 32.1. The number of hydrogen-bond donors (Lipinski definition) is 1. The van der Waals surface area contributed by atoms with Crippen LogP contribution in [0, 0.1) is 0 Å². The maximum absolute atomic E-state index is 5.58. The van der Waals surface area contributed by atoms with E-state index in [1.807, 2.05) is 5.38 Å². The third-order valence-electron chi connectivity index (χ3n) is 2.87. The van der Waals surface area contributed by atoms with Crippen LogP contribution in [-0.2, 0) is 6.54 Å². The van der Waals surface area contributed by atoms with Gasteiger partial charge < -0.3 is 5.73 Å². The van der Waals surface area contributed by atoms with Gasteiger partial charge in [-0.3, -0.25) is 4.90 Å². The van der Waals surface area contributed by atoms with Gasteiger partial charge in [-0.05, 0) is 27.3 Å². The van der Waals surface area contributed by atoms with E-state index in [9.17, 15) is 0 Å². The first-order chi connectivity index (χ1) is 6.45. The average Bonchev–Trinajstić information content (AvgIpc) is 2.51. The smallest absolute Gasteiger partial charge is 0.180 e. The molecule has 3 nitrogen and oxygen atoms in total. The minimum absolute atomic E-state index is 0.221. The van der Waals surface area contributed by atoms with Crippen molar-refractivity contribution in [1.82, 2.24) is 9.88 Å². The Morgan fingerprint density at radius 3 is 2.64 bits per heavy atom. The Balaban J connectivity index is 2.61. The van der Waals surface area contributed by atoms with Crippen molar-refractivity contribution < 1.29 is 0 Å². The van der Waals surface area contributed by atoms with Crippen LogP contribution in [0.3, 0.4) is 0 Å². The van der Waals surface area contributed by atoms with Crippen LogP contribution in [0.25, 0.3) is 0 Å². The van der Waals surface area contributed by atoms with Crippen molar-refractivity contribution in [2.45, 2.75) is 39.3 Å². The number of nitrogens with zero attached hydrogens (tertiary/aromatic N) is 2. The molecule has 0 spiro atoms. The van der Waals surface area contributed by atoms with E-state index >= 15 is 0 Å². The fraction of sp³-hybridized carbons (Fsp3) is 0.700. The molecule has 0 aromatic carbocycles. The normalized spacial score (nSPS) is 12.4. The second kappa shape index (κ2) is 4.28. The van der Waals surface area contributed by atoms with Crippen molar-refractivity contribution in [2.24, 2.45) is 0 Å². The lowest BCUT2D eigenvalue weighted by Crippen LogP contribution is -2.39. The van der Waals surface area contributed by atoms with Gasteiger partial charge >= 0.3 is 0 Å². The van der Waals surface area contributed by atoms with Crippen molar-refractivity contribution in [3.63, 3.8) is 0 Å². The molecule has 1 aromatic rings. The van der Waals surface area contributed by atoms with E-state index in [4.69, 9.17) is 5.73 Å². The number of anilines is 1. The van der Waals surface area contributed by atoms with E-state index < -0.39 is 0 Å². The Morgan fingerprint density at radius 2 is 2.21 bits per heavy atom. The second-order valence-corrected chi connectivity index (χ2v) is 5.09. The van der Waals surface area contributed by atoms with Crippen molar-refractivity contribution in [3.05, 3.63) is 11.1 Å². The van der Waals surface area contributed by atoms with Crippen LogP contribution in [0.5, 0.6) is 0 Å². The first kappa shape index (κ1) is 11.5. The summed E-state index contributed by atoms with van der Waals surface area (Å²) in [6.45, 7) is 7.55. The van der Waals surface area contributed by atoms with Gasteiger partial charge in [-0.15, -0.1) is 11.3 Å². The largest absolute Gasteiger partial charge is 0.375 e. The van der Waals surface area contributed by atoms with Gasteiger partial charge in [-0.2, -0.15) is 0 Å². The van der Waals surface area contributed by atoms with Crippen LogP contribution in [0.15, 0.2) is 5.38 Å². The summed E-state index contributed by atoms with van der Waals surface area (Å²) in [5.41, 5.74) is 6.87. The quantitative estimate of drug-likeness (QED) is 0.834. The molecular formula is C10H19N3S.